The first-order valence-corrected chi connectivity index (χ1v) is 5.94. The lowest BCUT2D eigenvalue weighted by Crippen LogP contribution is -2.25. The van der Waals surface area contributed by atoms with Crippen molar-refractivity contribution in [2.75, 3.05) is 5.32 Å². The molecular formula is C13H10F3N3O. The number of nitrogens with zero attached hydrogens (tertiary/aromatic N) is 2. The molecule has 4 nitrogen and oxygen atoms in total. The van der Waals surface area contributed by atoms with Crippen LogP contribution in [0.2, 0.25) is 0 Å². The van der Waals surface area contributed by atoms with Crippen LogP contribution in [0.5, 0.6) is 0 Å². The van der Waals surface area contributed by atoms with Gasteiger partial charge in [-0.3, -0.25) is 9.48 Å². The lowest BCUT2D eigenvalue weighted by atomic mass is 9.87. The predicted molar refractivity (Wildman–Crippen MR) is 64.6 cm³/mol. The van der Waals surface area contributed by atoms with Crippen molar-refractivity contribution in [1.29, 1.82) is 0 Å². The summed E-state index contributed by atoms with van der Waals surface area (Å²) < 4.78 is 41.7. The van der Waals surface area contributed by atoms with E-state index in [1.165, 1.54) is 10.9 Å². The monoisotopic (exact) mass is 281 g/mol. The summed E-state index contributed by atoms with van der Waals surface area (Å²) >= 11 is 0. The molecule has 2 heterocycles. The third-order valence-corrected chi connectivity index (χ3v) is 3.43. The zero-order valence-corrected chi connectivity index (χ0v) is 10.5. The second-order valence-electron chi connectivity index (χ2n) is 4.64. The van der Waals surface area contributed by atoms with Crippen LogP contribution >= 0.6 is 0 Å². The zero-order chi connectivity index (χ0) is 14.4. The summed E-state index contributed by atoms with van der Waals surface area (Å²) in [5.41, 5.74) is 0.532. The number of carbonyl (C=O) groups is 1. The molecular weight excluding hydrogens is 271 g/mol. The molecule has 1 N–H and O–H groups in total. The second kappa shape index (κ2) is 4.36. The van der Waals surface area contributed by atoms with Gasteiger partial charge in [-0.15, -0.1) is 0 Å². The van der Waals surface area contributed by atoms with Crippen molar-refractivity contribution in [2.24, 2.45) is 7.05 Å². The summed E-state index contributed by atoms with van der Waals surface area (Å²) in [5.74, 6) is -4.61. The Kier molecular flexibility index (Phi) is 2.77. The first kappa shape index (κ1) is 12.7. The van der Waals surface area contributed by atoms with E-state index in [0.29, 0.717) is 11.4 Å². The van der Waals surface area contributed by atoms with Crippen LogP contribution in [-0.2, 0) is 11.8 Å². The smallest absolute Gasteiger partial charge is 0.226 e. The lowest BCUT2D eigenvalue weighted by molar-refractivity contribution is -0.116. The highest BCUT2D eigenvalue weighted by molar-refractivity contribution is 5.94. The van der Waals surface area contributed by atoms with Gasteiger partial charge in [-0.1, -0.05) is 6.07 Å². The average molecular weight is 281 g/mol. The molecule has 1 unspecified atom stereocenters. The van der Waals surface area contributed by atoms with Crippen molar-refractivity contribution in [1.82, 2.24) is 9.78 Å². The summed E-state index contributed by atoms with van der Waals surface area (Å²) in [7, 11) is 1.63. The summed E-state index contributed by atoms with van der Waals surface area (Å²) in [6.45, 7) is 0. The van der Waals surface area contributed by atoms with Crippen molar-refractivity contribution in [3.63, 3.8) is 0 Å². The number of carbonyl (C=O) groups excluding carboxylic acids is 1. The highest BCUT2D eigenvalue weighted by Crippen LogP contribution is 2.38. The van der Waals surface area contributed by atoms with Crippen LogP contribution < -0.4 is 5.32 Å². The molecule has 3 rings (SSSR count). The molecule has 0 radical (unpaired) electrons. The predicted octanol–water partition coefficient (Wildman–Crippen LogP) is 2.31. The molecule has 20 heavy (non-hydrogen) atoms. The second-order valence-corrected chi connectivity index (χ2v) is 4.64. The Morgan fingerprint density at radius 1 is 1.25 bits per heavy atom. The van der Waals surface area contributed by atoms with Crippen LogP contribution in [0.4, 0.5) is 19.0 Å². The molecule has 1 aliphatic heterocycles. The van der Waals surface area contributed by atoms with Crippen LogP contribution in [0.15, 0.2) is 18.3 Å². The van der Waals surface area contributed by atoms with E-state index in [-0.39, 0.29) is 17.9 Å². The molecule has 0 saturated carbocycles. The highest BCUT2D eigenvalue weighted by atomic mass is 19.2. The van der Waals surface area contributed by atoms with Gasteiger partial charge in [0, 0.05) is 24.9 Å². The number of anilines is 1. The number of hydrogen-bond acceptors (Lipinski definition) is 2. The quantitative estimate of drug-likeness (QED) is 0.815. The van der Waals surface area contributed by atoms with Crippen LogP contribution in [0, 0.1) is 17.5 Å². The van der Waals surface area contributed by atoms with Gasteiger partial charge in [-0.05, 0) is 11.6 Å². The number of halogens is 3. The molecule has 1 aromatic heterocycles. The van der Waals surface area contributed by atoms with Crippen molar-refractivity contribution >= 4 is 11.7 Å². The number of hydrogen-bond donors (Lipinski definition) is 1. The number of amides is 1. The molecule has 0 aliphatic carbocycles. The maximum absolute atomic E-state index is 13.9. The molecule has 0 bridgehead atoms. The van der Waals surface area contributed by atoms with Crippen molar-refractivity contribution in [2.45, 2.75) is 12.3 Å². The van der Waals surface area contributed by atoms with Crippen molar-refractivity contribution in [3.05, 3.63) is 46.9 Å². The van der Waals surface area contributed by atoms with E-state index in [1.54, 1.807) is 7.05 Å². The first-order valence-electron chi connectivity index (χ1n) is 5.94. The Hall–Kier alpha value is -2.31. The number of aromatic nitrogens is 2. The molecule has 0 fully saturated rings. The summed E-state index contributed by atoms with van der Waals surface area (Å²) in [4.78, 5) is 11.7. The lowest BCUT2D eigenvalue weighted by Gasteiger charge is -2.23. The molecule has 7 heteroatoms. The molecule has 1 amide bonds. The van der Waals surface area contributed by atoms with Gasteiger partial charge in [-0.25, -0.2) is 13.2 Å². The number of fused-ring (bicyclic) bond motifs is 1. The summed E-state index contributed by atoms with van der Waals surface area (Å²) in [6, 6.07) is 2.02. The van der Waals surface area contributed by atoms with E-state index in [2.05, 4.69) is 10.4 Å². The van der Waals surface area contributed by atoms with Crippen LogP contribution in [0.3, 0.4) is 0 Å². The SMILES string of the molecule is Cn1ncc2c1NC(=O)CC2c1ccc(F)c(F)c1F. The van der Waals surface area contributed by atoms with Crippen LogP contribution in [-0.4, -0.2) is 15.7 Å². The van der Waals surface area contributed by atoms with E-state index in [1.807, 2.05) is 0 Å². The van der Waals surface area contributed by atoms with Crippen LogP contribution in [0.25, 0.3) is 0 Å². The Balaban J connectivity index is 2.16. The van der Waals surface area contributed by atoms with Gasteiger partial charge >= 0.3 is 0 Å². The first-order chi connectivity index (χ1) is 9.49. The number of benzene rings is 1. The average Bonchev–Trinajstić information content (AvgIpc) is 2.77. The fraction of sp³-hybridized carbons (Fsp3) is 0.231. The van der Waals surface area contributed by atoms with E-state index >= 15 is 0 Å². The Bertz CT molecular complexity index is 711. The highest BCUT2D eigenvalue weighted by Gasteiger charge is 2.32. The Labute approximate surface area is 112 Å². The third-order valence-electron chi connectivity index (χ3n) is 3.43. The fourth-order valence-electron chi connectivity index (χ4n) is 2.43. The third kappa shape index (κ3) is 1.77. The Morgan fingerprint density at radius 3 is 2.75 bits per heavy atom. The van der Waals surface area contributed by atoms with Gasteiger partial charge in [0.1, 0.15) is 5.82 Å². The standard InChI is InChI=1S/C13H10F3N3O/c1-19-13-8(5-17-19)7(4-10(20)18-13)6-2-3-9(14)12(16)11(6)15/h2-3,5,7H,4H2,1H3,(H,18,20). The van der Waals surface area contributed by atoms with Gasteiger partial charge in [0.05, 0.1) is 6.20 Å². The molecule has 0 spiro atoms. The van der Waals surface area contributed by atoms with E-state index in [4.69, 9.17) is 0 Å². The molecule has 104 valence electrons. The topological polar surface area (TPSA) is 46.9 Å². The van der Waals surface area contributed by atoms with Crippen LogP contribution in [0.1, 0.15) is 23.5 Å². The van der Waals surface area contributed by atoms with E-state index in [0.717, 1.165) is 12.1 Å². The minimum atomic E-state index is -1.53. The number of aryl methyl sites for hydroxylation is 1. The maximum atomic E-state index is 13.9. The molecule has 2 aromatic rings. The van der Waals surface area contributed by atoms with Gasteiger partial charge in [0.25, 0.3) is 0 Å². The van der Waals surface area contributed by atoms with Crippen molar-refractivity contribution < 1.29 is 18.0 Å². The number of rotatable bonds is 1. The van der Waals surface area contributed by atoms with E-state index in [9.17, 15) is 18.0 Å². The minimum absolute atomic E-state index is 0.0410. The molecule has 1 aromatic carbocycles. The zero-order valence-electron chi connectivity index (χ0n) is 10.5. The molecule has 0 saturated heterocycles. The maximum Gasteiger partial charge on any atom is 0.226 e. The molecule has 1 aliphatic rings. The minimum Gasteiger partial charge on any atom is -0.311 e. The normalized spacial score (nSPS) is 17.8. The largest absolute Gasteiger partial charge is 0.311 e. The van der Waals surface area contributed by atoms with E-state index < -0.39 is 23.4 Å². The summed E-state index contributed by atoms with van der Waals surface area (Å²) in [5, 5.41) is 6.61. The van der Waals surface area contributed by atoms with Gasteiger partial charge < -0.3 is 5.32 Å². The number of nitrogens with one attached hydrogen (secondary N) is 1. The van der Waals surface area contributed by atoms with Crippen molar-refractivity contribution in [3.8, 4) is 0 Å². The Morgan fingerprint density at radius 2 is 2.00 bits per heavy atom. The molecule has 1 atom stereocenters. The fourth-order valence-corrected chi connectivity index (χ4v) is 2.43. The summed E-state index contributed by atoms with van der Waals surface area (Å²) in [6.07, 6.45) is 1.45. The van der Waals surface area contributed by atoms with Gasteiger partial charge in [0.15, 0.2) is 17.5 Å². The van der Waals surface area contributed by atoms with Gasteiger partial charge in [-0.2, -0.15) is 5.10 Å². The van der Waals surface area contributed by atoms with Gasteiger partial charge in [0.2, 0.25) is 5.91 Å².